The largest absolute Gasteiger partial charge is 0.329 e. The first kappa shape index (κ1) is 13.1. The summed E-state index contributed by atoms with van der Waals surface area (Å²) in [6.07, 6.45) is 3.53. The SMILES string of the molecule is CN(CCN)CC(=O)Nc1ccc2c(c1)CCC2. The molecule has 18 heavy (non-hydrogen) atoms. The molecule has 1 aliphatic rings. The van der Waals surface area contributed by atoms with Gasteiger partial charge in [0.1, 0.15) is 0 Å². The topological polar surface area (TPSA) is 58.4 Å². The standard InChI is InChI=1S/C14H21N3O/c1-17(8-7-15)10-14(18)16-13-6-5-11-3-2-4-12(11)9-13/h5-6,9H,2-4,7-8,10,15H2,1H3,(H,16,18). The summed E-state index contributed by atoms with van der Waals surface area (Å²) >= 11 is 0. The van der Waals surface area contributed by atoms with Crippen LogP contribution >= 0.6 is 0 Å². The van der Waals surface area contributed by atoms with Gasteiger partial charge in [-0.25, -0.2) is 0 Å². The number of carbonyl (C=O) groups excluding carboxylic acids is 1. The maximum Gasteiger partial charge on any atom is 0.238 e. The van der Waals surface area contributed by atoms with Crippen LogP contribution in [0.1, 0.15) is 17.5 Å². The minimum atomic E-state index is 0.0175. The Morgan fingerprint density at radius 1 is 1.39 bits per heavy atom. The second-order valence-electron chi connectivity index (χ2n) is 4.91. The zero-order valence-electron chi connectivity index (χ0n) is 10.9. The highest BCUT2D eigenvalue weighted by atomic mass is 16.2. The van der Waals surface area contributed by atoms with Gasteiger partial charge in [-0.1, -0.05) is 6.07 Å². The van der Waals surface area contributed by atoms with E-state index in [-0.39, 0.29) is 5.91 Å². The predicted molar refractivity (Wildman–Crippen MR) is 73.6 cm³/mol. The molecular formula is C14H21N3O. The number of rotatable bonds is 5. The summed E-state index contributed by atoms with van der Waals surface area (Å²) in [6, 6.07) is 6.22. The van der Waals surface area contributed by atoms with Gasteiger partial charge in [0.05, 0.1) is 6.54 Å². The third-order valence-electron chi connectivity index (χ3n) is 3.31. The fourth-order valence-electron chi connectivity index (χ4n) is 2.39. The van der Waals surface area contributed by atoms with Crippen molar-refractivity contribution in [1.82, 2.24) is 4.90 Å². The molecule has 1 aromatic rings. The quantitative estimate of drug-likeness (QED) is 0.816. The summed E-state index contributed by atoms with van der Waals surface area (Å²) in [5.74, 6) is 0.0175. The number of hydrogen-bond donors (Lipinski definition) is 2. The zero-order chi connectivity index (χ0) is 13.0. The lowest BCUT2D eigenvalue weighted by Crippen LogP contribution is -2.33. The zero-order valence-corrected chi connectivity index (χ0v) is 10.9. The number of likely N-dealkylation sites (N-methyl/N-ethyl adjacent to an activating group) is 1. The molecular weight excluding hydrogens is 226 g/mol. The summed E-state index contributed by atoms with van der Waals surface area (Å²) in [5.41, 5.74) is 9.15. The Kier molecular flexibility index (Phi) is 4.33. The molecule has 1 amide bonds. The van der Waals surface area contributed by atoms with E-state index in [1.54, 1.807) is 0 Å². The molecule has 0 bridgehead atoms. The van der Waals surface area contributed by atoms with Crippen LogP contribution in [0.25, 0.3) is 0 Å². The van der Waals surface area contributed by atoms with Crippen molar-refractivity contribution < 1.29 is 4.79 Å². The Morgan fingerprint density at radius 3 is 2.94 bits per heavy atom. The Bertz CT molecular complexity index is 431. The molecule has 1 aromatic carbocycles. The van der Waals surface area contributed by atoms with E-state index < -0.39 is 0 Å². The summed E-state index contributed by atoms with van der Waals surface area (Å²) in [4.78, 5) is 13.7. The van der Waals surface area contributed by atoms with E-state index in [0.29, 0.717) is 13.1 Å². The van der Waals surface area contributed by atoms with Gasteiger partial charge in [0.15, 0.2) is 0 Å². The smallest absolute Gasteiger partial charge is 0.238 e. The van der Waals surface area contributed by atoms with Gasteiger partial charge in [-0.2, -0.15) is 0 Å². The molecule has 0 radical (unpaired) electrons. The third-order valence-corrected chi connectivity index (χ3v) is 3.31. The number of nitrogens with two attached hydrogens (primary N) is 1. The average molecular weight is 247 g/mol. The fourth-order valence-corrected chi connectivity index (χ4v) is 2.39. The first-order valence-electron chi connectivity index (χ1n) is 6.49. The molecule has 0 aliphatic heterocycles. The van der Waals surface area contributed by atoms with Gasteiger partial charge >= 0.3 is 0 Å². The molecule has 98 valence electrons. The van der Waals surface area contributed by atoms with Crippen LogP contribution in [0, 0.1) is 0 Å². The summed E-state index contributed by atoms with van der Waals surface area (Å²) in [7, 11) is 1.90. The molecule has 3 N–H and O–H groups in total. The van der Waals surface area contributed by atoms with Crippen LogP contribution in [-0.4, -0.2) is 37.5 Å². The molecule has 4 heteroatoms. The highest BCUT2D eigenvalue weighted by Gasteiger charge is 2.12. The number of anilines is 1. The number of carbonyl (C=O) groups is 1. The van der Waals surface area contributed by atoms with Gasteiger partial charge in [0.25, 0.3) is 0 Å². The Morgan fingerprint density at radius 2 is 2.17 bits per heavy atom. The van der Waals surface area contributed by atoms with Gasteiger partial charge < -0.3 is 11.1 Å². The van der Waals surface area contributed by atoms with Crippen molar-refractivity contribution in [2.45, 2.75) is 19.3 Å². The Balaban J connectivity index is 1.91. The molecule has 4 nitrogen and oxygen atoms in total. The van der Waals surface area contributed by atoms with Crippen LogP contribution in [-0.2, 0) is 17.6 Å². The number of aryl methyl sites for hydroxylation is 2. The molecule has 0 unspecified atom stereocenters. The molecule has 0 aromatic heterocycles. The van der Waals surface area contributed by atoms with Crippen LogP contribution in [0.3, 0.4) is 0 Å². The van der Waals surface area contributed by atoms with Crippen molar-refractivity contribution in [3.05, 3.63) is 29.3 Å². The van der Waals surface area contributed by atoms with E-state index in [0.717, 1.165) is 18.7 Å². The number of fused-ring (bicyclic) bond motifs is 1. The molecule has 0 spiro atoms. The average Bonchev–Trinajstić information content (AvgIpc) is 2.76. The third kappa shape index (κ3) is 3.31. The van der Waals surface area contributed by atoms with Crippen molar-refractivity contribution in [2.24, 2.45) is 5.73 Å². The van der Waals surface area contributed by atoms with Gasteiger partial charge in [0.2, 0.25) is 5.91 Å². The van der Waals surface area contributed by atoms with E-state index in [1.165, 1.54) is 24.0 Å². The van der Waals surface area contributed by atoms with Crippen LogP contribution < -0.4 is 11.1 Å². The van der Waals surface area contributed by atoms with Crippen LogP contribution in [0.5, 0.6) is 0 Å². The minimum absolute atomic E-state index is 0.0175. The number of nitrogens with one attached hydrogen (secondary N) is 1. The van der Waals surface area contributed by atoms with Crippen molar-refractivity contribution in [1.29, 1.82) is 0 Å². The monoisotopic (exact) mass is 247 g/mol. The Hall–Kier alpha value is -1.39. The van der Waals surface area contributed by atoms with E-state index in [1.807, 2.05) is 18.0 Å². The molecule has 1 aliphatic carbocycles. The normalized spacial score (nSPS) is 13.7. The number of benzene rings is 1. The van der Waals surface area contributed by atoms with Gasteiger partial charge in [-0.15, -0.1) is 0 Å². The first-order chi connectivity index (χ1) is 8.69. The van der Waals surface area contributed by atoms with E-state index in [2.05, 4.69) is 17.4 Å². The highest BCUT2D eigenvalue weighted by molar-refractivity contribution is 5.92. The van der Waals surface area contributed by atoms with Crippen LogP contribution in [0.15, 0.2) is 18.2 Å². The first-order valence-corrected chi connectivity index (χ1v) is 6.49. The maximum atomic E-state index is 11.8. The summed E-state index contributed by atoms with van der Waals surface area (Å²) in [5, 5.41) is 2.94. The molecule has 0 fully saturated rings. The van der Waals surface area contributed by atoms with Crippen LogP contribution in [0.4, 0.5) is 5.69 Å². The second-order valence-corrected chi connectivity index (χ2v) is 4.91. The van der Waals surface area contributed by atoms with Crippen molar-refractivity contribution in [3.8, 4) is 0 Å². The molecule has 2 rings (SSSR count). The summed E-state index contributed by atoms with van der Waals surface area (Å²) < 4.78 is 0. The lowest BCUT2D eigenvalue weighted by atomic mass is 10.1. The molecule has 0 saturated heterocycles. The van der Waals surface area contributed by atoms with Crippen molar-refractivity contribution in [3.63, 3.8) is 0 Å². The maximum absolute atomic E-state index is 11.8. The molecule has 0 heterocycles. The van der Waals surface area contributed by atoms with E-state index >= 15 is 0 Å². The number of hydrogen-bond acceptors (Lipinski definition) is 3. The highest BCUT2D eigenvalue weighted by Crippen LogP contribution is 2.24. The Labute approximate surface area is 108 Å². The second kappa shape index (κ2) is 5.98. The minimum Gasteiger partial charge on any atom is -0.329 e. The lowest BCUT2D eigenvalue weighted by molar-refractivity contribution is -0.117. The van der Waals surface area contributed by atoms with Crippen LogP contribution in [0.2, 0.25) is 0 Å². The number of amides is 1. The lowest BCUT2D eigenvalue weighted by Gasteiger charge is -2.15. The van der Waals surface area contributed by atoms with Crippen molar-refractivity contribution >= 4 is 11.6 Å². The fraction of sp³-hybridized carbons (Fsp3) is 0.500. The van der Waals surface area contributed by atoms with E-state index in [9.17, 15) is 4.79 Å². The van der Waals surface area contributed by atoms with Gasteiger partial charge in [-0.05, 0) is 49.6 Å². The van der Waals surface area contributed by atoms with Gasteiger partial charge in [-0.3, -0.25) is 9.69 Å². The van der Waals surface area contributed by atoms with Crippen molar-refractivity contribution in [2.75, 3.05) is 32.0 Å². The molecule has 0 atom stereocenters. The van der Waals surface area contributed by atoms with Gasteiger partial charge in [0, 0.05) is 18.8 Å². The number of nitrogens with zero attached hydrogens (tertiary/aromatic N) is 1. The molecule has 0 saturated carbocycles. The van der Waals surface area contributed by atoms with E-state index in [4.69, 9.17) is 5.73 Å². The summed E-state index contributed by atoms with van der Waals surface area (Å²) in [6.45, 7) is 1.69. The predicted octanol–water partition coefficient (Wildman–Crippen LogP) is 1.00.